The van der Waals surface area contributed by atoms with Crippen LogP contribution in [0.3, 0.4) is 0 Å². The van der Waals surface area contributed by atoms with E-state index in [0.29, 0.717) is 6.61 Å². The number of hydrogen-bond donors (Lipinski definition) is 2. The Labute approximate surface area is 117 Å². The summed E-state index contributed by atoms with van der Waals surface area (Å²) in [7, 11) is 0. The minimum Gasteiger partial charge on any atom is -0.376 e. The summed E-state index contributed by atoms with van der Waals surface area (Å²) in [6.45, 7) is 9.33. The van der Waals surface area contributed by atoms with Crippen LogP contribution in [0.15, 0.2) is 30.3 Å². The normalized spacial score (nSPS) is 15.2. The Morgan fingerprint density at radius 3 is 2.32 bits per heavy atom. The molecule has 0 aliphatic heterocycles. The van der Waals surface area contributed by atoms with Crippen LogP contribution in [-0.4, -0.2) is 18.8 Å². The second-order valence-electron chi connectivity index (χ2n) is 6.04. The third-order valence-electron chi connectivity index (χ3n) is 3.37. The highest BCUT2D eigenvalue weighted by molar-refractivity contribution is 5.15. The number of aryl methyl sites for hydroxylation is 1. The first-order chi connectivity index (χ1) is 8.99. The van der Waals surface area contributed by atoms with Crippen LogP contribution in [0.4, 0.5) is 0 Å². The number of ether oxygens (including phenoxy) is 1. The molecule has 108 valence electrons. The molecule has 0 radical (unpaired) electrons. The maximum Gasteiger partial charge on any atom is 0.0789 e. The Kier molecular flexibility index (Phi) is 6.49. The van der Waals surface area contributed by atoms with Gasteiger partial charge in [0.05, 0.1) is 6.10 Å². The minimum absolute atomic E-state index is 0.0731. The molecule has 1 aromatic carbocycles. The van der Waals surface area contributed by atoms with Gasteiger partial charge in [-0.05, 0) is 30.7 Å². The smallest absolute Gasteiger partial charge is 0.0789 e. The lowest BCUT2D eigenvalue weighted by Gasteiger charge is -2.36. The fourth-order valence-electron chi connectivity index (χ4n) is 2.44. The molecule has 0 saturated heterocycles. The largest absolute Gasteiger partial charge is 0.376 e. The van der Waals surface area contributed by atoms with E-state index < -0.39 is 0 Å². The predicted octanol–water partition coefficient (Wildman–Crippen LogP) is 2.90. The molecule has 0 amide bonds. The van der Waals surface area contributed by atoms with Gasteiger partial charge in [-0.15, -0.1) is 0 Å². The molecule has 1 rings (SSSR count). The van der Waals surface area contributed by atoms with E-state index in [1.54, 1.807) is 0 Å². The van der Waals surface area contributed by atoms with Gasteiger partial charge in [-0.3, -0.25) is 11.3 Å². The van der Waals surface area contributed by atoms with E-state index >= 15 is 0 Å². The van der Waals surface area contributed by atoms with E-state index in [9.17, 15) is 0 Å². The van der Waals surface area contributed by atoms with Crippen LogP contribution in [0.2, 0.25) is 0 Å². The molecule has 19 heavy (non-hydrogen) atoms. The van der Waals surface area contributed by atoms with Crippen molar-refractivity contribution in [3.05, 3.63) is 35.9 Å². The van der Waals surface area contributed by atoms with Gasteiger partial charge in [0.25, 0.3) is 0 Å². The van der Waals surface area contributed by atoms with Gasteiger partial charge in [-0.2, -0.15) is 0 Å². The molecular weight excluding hydrogens is 236 g/mol. The van der Waals surface area contributed by atoms with Gasteiger partial charge >= 0.3 is 0 Å². The summed E-state index contributed by atoms with van der Waals surface area (Å²) in [4.78, 5) is 0. The van der Waals surface area contributed by atoms with Gasteiger partial charge < -0.3 is 4.74 Å². The number of benzene rings is 1. The van der Waals surface area contributed by atoms with Crippen LogP contribution in [0.25, 0.3) is 0 Å². The molecule has 0 saturated carbocycles. The second kappa shape index (κ2) is 7.63. The van der Waals surface area contributed by atoms with Crippen molar-refractivity contribution < 1.29 is 4.74 Å². The number of nitrogens with two attached hydrogens (primary N) is 1. The molecule has 3 nitrogen and oxygen atoms in total. The van der Waals surface area contributed by atoms with E-state index in [4.69, 9.17) is 10.6 Å². The summed E-state index contributed by atoms with van der Waals surface area (Å²) < 4.78 is 5.91. The van der Waals surface area contributed by atoms with Crippen LogP contribution >= 0.6 is 0 Å². The van der Waals surface area contributed by atoms with Gasteiger partial charge in [-0.25, -0.2) is 0 Å². The summed E-state index contributed by atoms with van der Waals surface area (Å²) >= 11 is 0. The molecular formula is C16H28N2O. The molecule has 2 unspecified atom stereocenters. The lowest BCUT2D eigenvalue weighted by Crippen LogP contribution is -2.51. The third-order valence-corrected chi connectivity index (χ3v) is 3.37. The Balaban J connectivity index is 2.65. The summed E-state index contributed by atoms with van der Waals surface area (Å²) in [6.07, 6.45) is 2.10. The molecule has 0 heterocycles. The first-order valence-electron chi connectivity index (χ1n) is 7.10. The Hall–Kier alpha value is -0.900. The van der Waals surface area contributed by atoms with Crippen molar-refractivity contribution in [2.75, 3.05) is 6.61 Å². The highest BCUT2D eigenvalue weighted by atomic mass is 16.5. The average Bonchev–Trinajstić information content (AvgIpc) is 2.38. The monoisotopic (exact) mass is 264 g/mol. The van der Waals surface area contributed by atoms with E-state index in [1.807, 2.05) is 13.0 Å². The van der Waals surface area contributed by atoms with Crippen molar-refractivity contribution in [2.45, 2.75) is 52.7 Å². The molecule has 3 N–H and O–H groups in total. The maximum absolute atomic E-state index is 5.91. The second-order valence-corrected chi connectivity index (χ2v) is 6.04. The number of hydrazine groups is 1. The lowest BCUT2D eigenvalue weighted by molar-refractivity contribution is -0.0373. The van der Waals surface area contributed by atoms with Crippen molar-refractivity contribution in [1.82, 2.24) is 5.43 Å². The van der Waals surface area contributed by atoms with E-state index in [-0.39, 0.29) is 17.6 Å². The first kappa shape index (κ1) is 16.2. The van der Waals surface area contributed by atoms with Crippen LogP contribution in [-0.2, 0) is 11.2 Å². The quantitative estimate of drug-likeness (QED) is 0.588. The van der Waals surface area contributed by atoms with E-state index in [1.165, 1.54) is 5.56 Å². The van der Waals surface area contributed by atoms with Crippen molar-refractivity contribution >= 4 is 0 Å². The van der Waals surface area contributed by atoms with Gasteiger partial charge in [0.2, 0.25) is 0 Å². The van der Waals surface area contributed by atoms with E-state index in [2.05, 4.69) is 50.5 Å². The lowest BCUT2D eigenvalue weighted by atomic mass is 9.82. The number of nitrogens with one attached hydrogen (secondary N) is 1. The van der Waals surface area contributed by atoms with Crippen LogP contribution in [0.1, 0.15) is 39.7 Å². The molecule has 0 fully saturated rings. The van der Waals surface area contributed by atoms with Gasteiger partial charge in [-0.1, -0.05) is 51.1 Å². The molecule has 0 spiro atoms. The van der Waals surface area contributed by atoms with Crippen molar-refractivity contribution in [3.63, 3.8) is 0 Å². The zero-order valence-corrected chi connectivity index (χ0v) is 12.6. The predicted molar refractivity (Wildman–Crippen MR) is 80.7 cm³/mol. The highest BCUT2D eigenvalue weighted by Gasteiger charge is 2.32. The summed E-state index contributed by atoms with van der Waals surface area (Å²) in [6, 6.07) is 10.7. The summed E-state index contributed by atoms with van der Waals surface area (Å²) in [5.74, 6) is 5.73. The van der Waals surface area contributed by atoms with Gasteiger partial charge in [0.15, 0.2) is 0 Å². The molecule has 0 aliphatic carbocycles. The third kappa shape index (κ3) is 5.31. The van der Waals surface area contributed by atoms with E-state index in [0.717, 1.165) is 12.8 Å². The fourth-order valence-corrected chi connectivity index (χ4v) is 2.44. The molecule has 0 aliphatic rings. The fraction of sp³-hybridized carbons (Fsp3) is 0.625. The Morgan fingerprint density at radius 1 is 1.21 bits per heavy atom. The zero-order valence-electron chi connectivity index (χ0n) is 12.6. The van der Waals surface area contributed by atoms with Crippen LogP contribution < -0.4 is 11.3 Å². The topological polar surface area (TPSA) is 47.3 Å². The standard InChI is InChI=1S/C16H28N2O/c1-5-19-15(16(2,3)4)14(18-17)12-11-13-9-7-6-8-10-13/h6-10,14-15,18H,5,11-12,17H2,1-4H3. The zero-order chi connectivity index (χ0) is 14.3. The van der Waals surface area contributed by atoms with Crippen LogP contribution in [0, 0.1) is 5.41 Å². The van der Waals surface area contributed by atoms with Gasteiger partial charge in [0, 0.05) is 12.6 Å². The highest BCUT2D eigenvalue weighted by Crippen LogP contribution is 2.26. The molecule has 0 aromatic heterocycles. The maximum atomic E-state index is 5.91. The molecule has 2 atom stereocenters. The van der Waals surface area contributed by atoms with Gasteiger partial charge in [0.1, 0.15) is 0 Å². The van der Waals surface area contributed by atoms with Crippen molar-refractivity contribution in [3.8, 4) is 0 Å². The Morgan fingerprint density at radius 2 is 1.84 bits per heavy atom. The molecule has 3 heteroatoms. The van der Waals surface area contributed by atoms with Crippen molar-refractivity contribution in [2.24, 2.45) is 11.3 Å². The van der Waals surface area contributed by atoms with Crippen molar-refractivity contribution in [1.29, 1.82) is 0 Å². The number of rotatable bonds is 7. The Bertz CT molecular complexity index is 346. The minimum atomic E-state index is 0.0731. The summed E-state index contributed by atoms with van der Waals surface area (Å²) in [5, 5.41) is 0. The first-order valence-corrected chi connectivity index (χ1v) is 7.10. The molecule has 1 aromatic rings. The SMILES string of the molecule is CCOC(C(CCc1ccccc1)NN)C(C)(C)C. The average molecular weight is 264 g/mol. The number of hydrogen-bond acceptors (Lipinski definition) is 3. The summed E-state index contributed by atoms with van der Waals surface area (Å²) in [5.41, 5.74) is 4.35. The van der Waals surface area contributed by atoms with Crippen LogP contribution in [0.5, 0.6) is 0 Å². The molecule has 0 bridgehead atoms.